The highest BCUT2D eigenvalue weighted by atomic mass is 79.9. The maximum absolute atomic E-state index is 12.4. The molecule has 1 aliphatic rings. The number of halogens is 2. The molecule has 7 nitrogen and oxygen atoms in total. The molecule has 0 saturated heterocycles. The predicted octanol–water partition coefficient (Wildman–Crippen LogP) is 3.54. The summed E-state index contributed by atoms with van der Waals surface area (Å²) in [5.74, 6) is -1.48. The quantitative estimate of drug-likeness (QED) is 0.578. The van der Waals surface area contributed by atoms with E-state index in [1.54, 1.807) is 30.3 Å². The van der Waals surface area contributed by atoms with Gasteiger partial charge < -0.3 is 10.6 Å². The summed E-state index contributed by atoms with van der Waals surface area (Å²) in [6.45, 7) is 1.81. The summed E-state index contributed by atoms with van der Waals surface area (Å²) in [7, 11) is 0. The number of anilines is 1. The van der Waals surface area contributed by atoms with Crippen molar-refractivity contribution in [1.29, 1.82) is 0 Å². The Hall–Kier alpha value is -2.71. The van der Waals surface area contributed by atoms with Gasteiger partial charge in [-0.1, -0.05) is 33.6 Å². The van der Waals surface area contributed by atoms with Gasteiger partial charge in [0.25, 0.3) is 11.8 Å². The molecule has 0 bridgehead atoms. The average Bonchev–Trinajstić information content (AvgIpc) is 2.93. The average molecular weight is 493 g/mol. The number of aryl methyl sites for hydroxylation is 1. The Morgan fingerprint density at radius 1 is 1.03 bits per heavy atom. The molecule has 0 spiro atoms. The van der Waals surface area contributed by atoms with Crippen LogP contribution >= 0.6 is 27.5 Å². The lowest BCUT2D eigenvalue weighted by Gasteiger charge is -2.13. The topological polar surface area (TPSA) is 95.6 Å². The van der Waals surface area contributed by atoms with E-state index in [0.29, 0.717) is 32.7 Å². The van der Waals surface area contributed by atoms with Gasteiger partial charge in [0.05, 0.1) is 28.4 Å². The molecular formula is C21H19BrClN3O4. The third kappa shape index (κ3) is 5.06. The van der Waals surface area contributed by atoms with E-state index in [4.69, 9.17) is 11.6 Å². The Labute approximate surface area is 186 Å². The fourth-order valence-corrected chi connectivity index (χ4v) is 3.69. The van der Waals surface area contributed by atoms with Crippen LogP contribution in [0.15, 0.2) is 40.9 Å². The monoisotopic (exact) mass is 491 g/mol. The van der Waals surface area contributed by atoms with Crippen molar-refractivity contribution >= 4 is 56.8 Å². The molecule has 0 fully saturated rings. The summed E-state index contributed by atoms with van der Waals surface area (Å²) >= 11 is 9.35. The highest BCUT2D eigenvalue weighted by Gasteiger charge is 2.35. The maximum atomic E-state index is 12.4. The number of fused-ring (bicyclic) bond motifs is 1. The van der Waals surface area contributed by atoms with Crippen molar-refractivity contribution in [1.82, 2.24) is 10.2 Å². The van der Waals surface area contributed by atoms with Crippen LogP contribution in [0.1, 0.15) is 39.1 Å². The van der Waals surface area contributed by atoms with Crippen LogP contribution in [-0.4, -0.2) is 41.6 Å². The van der Waals surface area contributed by atoms with Crippen LogP contribution in [0.3, 0.4) is 0 Å². The standard InChI is InChI=1S/C21H19BrClN3O4/c1-12-4-7-17(16(23)9-12)25-19(28)11-24-18(27)3-2-8-26-20(29)14-6-5-13(22)10-15(14)21(26)30/h4-7,9-10H,2-3,8,11H2,1H3,(H,24,27)(H,25,28). The molecule has 30 heavy (non-hydrogen) atoms. The number of carbonyl (C=O) groups excluding carboxylic acids is 4. The zero-order valence-corrected chi connectivity index (χ0v) is 18.5. The van der Waals surface area contributed by atoms with E-state index < -0.39 is 5.91 Å². The Kier molecular flexibility index (Phi) is 6.89. The second-order valence-corrected chi connectivity index (χ2v) is 8.19. The summed E-state index contributed by atoms with van der Waals surface area (Å²) < 4.78 is 0.717. The summed E-state index contributed by atoms with van der Waals surface area (Å²) in [6.07, 6.45) is 0.375. The number of hydrogen-bond donors (Lipinski definition) is 2. The zero-order valence-electron chi connectivity index (χ0n) is 16.1. The lowest BCUT2D eigenvalue weighted by molar-refractivity contribution is -0.124. The van der Waals surface area contributed by atoms with Crippen LogP contribution in [-0.2, 0) is 9.59 Å². The van der Waals surface area contributed by atoms with Crippen molar-refractivity contribution in [2.45, 2.75) is 19.8 Å². The second-order valence-electron chi connectivity index (χ2n) is 6.86. The van der Waals surface area contributed by atoms with Gasteiger partial charge in [-0.25, -0.2) is 0 Å². The number of nitrogens with zero attached hydrogens (tertiary/aromatic N) is 1. The lowest BCUT2D eigenvalue weighted by atomic mass is 10.1. The third-order valence-corrected chi connectivity index (χ3v) is 5.37. The number of imide groups is 1. The Morgan fingerprint density at radius 3 is 2.50 bits per heavy atom. The summed E-state index contributed by atoms with van der Waals surface area (Å²) in [6, 6.07) is 10.2. The molecule has 0 unspecified atom stereocenters. The number of benzene rings is 2. The number of amides is 4. The first-order valence-corrected chi connectivity index (χ1v) is 10.4. The predicted molar refractivity (Wildman–Crippen MR) is 117 cm³/mol. The summed E-state index contributed by atoms with van der Waals surface area (Å²) in [5.41, 5.74) is 2.15. The Balaban J connectivity index is 1.43. The van der Waals surface area contributed by atoms with Gasteiger partial charge in [-0.05, 0) is 49.2 Å². The van der Waals surface area contributed by atoms with Crippen LogP contribution in [0.2, 0.25) is 5.02 Å². The van der Waals surface area contributed by atoms with Crippen LogP contribution in [0.5, 0.6) is 0 Å². The fourth-order valence-electron chi connectivity index (χ4n) is 3.05. The van der Waals surface area contributed by atoms with Crippen molar-refractivity contribution in [3.05, 3.63) is 62.6 Å². The van der Waals surface area contributed by atoms with Crippen molar-refractivity contribution < 1.29 is 19.2 Å². The SMILES string of the molecule is Cc1ccc(NC(=O)CNC(=O)CCCN2C(=O)c3ccc(Br)cc3C2=O)c(Cl)c1. The van der Waals surface area contributed by atoms with Gasteiger partial charge in [-0.15, -0.1) is 0 Å². The smallest absolute Gasteiger partial charge is 0.261 e. The molecule has 3 rings (SSSR count). The molecule has 1 aliphatic heterocycles. The van der Waals surface area contributed by atoms with E-state index in [-0.39, 0.29) is 37.2 Å². The molecule has 0 saturated carbocycles. The van der Waals surface area contributed by atoms with Gasteiger partial charge in [-0.3, -0.25) is 24.1 Å². The summed E-state index contributed by atoms with van der Waals surface area (Å²) in [4.78, 5) is 49.9. The molecule has 2 aromatic rings. The molecule has 4 amide bonds. The van der Waals surface area contributed by atoms with E-state index in [1.165, 1.54) is 0 Å². The summed E-state index contributed by atoms with van der Waals surface area (Å²) in [5, 5.41) is 5.57. The number of hydrogen-bond acceptors (Lipinski definition) is 4. The van der Waals surface area contributed by atoms with Gasteiger partial charge in [0, 0.05) is 17.4 Å². The molecule has 0 radical (unpaired) electrons. The van der Waals surface area contributed by atoms with Crippen molar-refractivity contribution in [3.8, 4) is 0 Å². The number of nitrogens with one attached hydrogen (secondary N) is 2. The Morgan fingerprint density at radius 2 is 1.77 bits per heavy atom. The van der Waals surface area contributed by atoms with Crippen molar-refractivity contribution in [2.24, 2.45) is 0 Å². The first-order chi connectivity index (χ1) is 14.3. The van der Waals surface area contributed by atoms with Crippen LogP contribution in [0, 0.1) is 6.92 Å². The van der Waals surface area contributed by atoms with E-state index in [9.17, 15) is 19.2 Å². The van der Waals surface area contributed by atoms with Gasteiger partial charge in [0.15, 0.2) is 0 Å². The molecule has 1 heterocycles. The molecule has 0 aliphatic carbocycles. The van der Waals surface area contributed by atoms with Gasteiger partial charge in [0.1, 0.15) is 0 Å². The Bertz CT molecular complexity index is 1040. The van der Waals surface area contributed by atoms with Gasteiger partial charge >= 0.3 is 0 Å². The normalized spacial score (nSPS) is 12.7. The van der Waals surface area contributed by atoms with E-state index >= 15 is 0 Å². The number of rotatable bonds is 7. The van der Waals surface area contributed by atoms with E-state index in [1.807, 2.05) is 13.0 Å². The van der Waals surface area contributed by atoms with Crippen LogP contribution in [0.4, 0.5) is 5.69 Å². The molecule has 156 valence electrons. The minimum Gasteiger partial charge on any atom is -0.347 e. The fraction of sp³-hybridized carbons (Fsp3) is 0.238. The largest absolute Gasteiger partial charge is 0.347 e. The molecule has 0 aromatic heterocycles. The van der Waals surface area contributed by atoms with Crippen molar-refractivity contribution in [2.75, 3.05) is 18.4 Å². The van der Waals surface area contributed by atoms with E-state index in [0.717, 1.165) is 10.5 Å². The minimum atomic E-state index is -0.403. The highest BCUT2D eigenvalue weighted by molar-refractivity contribution is 9.10. The molecule has 0 atom stereocenters. The van der Waals surface area contributed by atoms with E-state index in [2.05, 4.69) is 26.6 Å². The van der Waals surface area contributed by atoms with Crippen LogP contribution in [0.25, 0.3) is 0 Å². The number of carbonyl (C=O) groups is 4. The van der Waals surface area contributed by atoms with Crippen molar-refractivity contribution in [3.63, 3.8) is 0 Å². The second kappa shape index (κ2) is 9.40. The first kappa shape index (κ1) is 22.0. The highest BCUT2D eigenvalue weighted by Crippen LogP contribution is 2.26. The first-order valence-electron chi connectivity index (χ1n) is 9.24. The van der Waals surface area contributed by atoms with Crippen LogP contribution < -0.4 is 10.6 Å². The molecule has 9 heteroatoms. The zero-order chi connectivity index (χ0) is 21.8. The lowest BCUT2D eigenvalue weighted by Crippen LogP contribution is -2.34. The maximum Gasteiger partial charge on any atom is 0.261 e. The molecule has 2 N–H and O–H groups in total. The minimum absolute atomic E-state index is 0.0790. The van der Waals surface area contributed by atoms with Gasteiger partial charge in [0.2, 0.25) is 11.8 Å². The molecule has 2 aromatic carbocycles. The molecular weight excluding hydrogens is 474 g/mol. The van der Waals surface area contributed by atoms with Gasteiger partial charge in [-0.2, -0.15) is 0 Å². The third-order valence-electron chi connectivity index (χ3n) is 4.56.